The van der Waals surface area contributed by atoms with Crippen molar-refractivity contribution in [3.05, 3.63) is 18.2 Å². The van der Waals surface area contributed by atoms with Crippen molar-refractivity contribution in [3.8, 4) is 0 Å². The summed E-state index contributed by atoms with van der Waals surface area (Å²) >= 11 is 0. The van der Waals surface area contributed by atoms with Crippen LogP contribution >= 0.6 is 0 Å². The van der Waals surface area contributed by atoms with Crippen molar-refractivity contribution < 1.29 is 4.79 Å². The van der Waals surface area contributed by atoms with Gasteiger partial charge in [0.05, 0.1) is 18.6 Å². The molecule has 5 heteroatoms. The highest BCUT2D eigenvalue weighted by molar-refractivity contribution is 5.76. The van der Waals surface area contributed by atoms with Crippen LogP contribution in [0.25, 0.3) is 0 Å². The number of hydrogen-bond donors (Lipinski definition) is 3. The van der Waals surface area contributed by atoms with Gasteiger partial charge in [0.1, 0.15) is 0 Å². The van der Waals surface area contributed by atoms with E-state index in [9.17, 15) is 4.79 Å². The normalized spacial score (nSPS) is 17.8. The van der Waals surface area contributed by atoms with E-state index < -0.39 is 0 Å². The second kappa shape index (κ2) is 4.65. The number of H-pyrrole nitrogens is 1. The molecule has 1 aliphatic carbocycles. The Morgan fingerprint density at radius 3 is 2.94 bits per heavy atom. The zero-order chi connectivity index (χ0) is 11.4. The zero-order valence-electron chi connectivity index (χ0n) is 9.33. The molecule has 1 aromatic heterocycles. The van der Waals surface area contributed by atoms with Gasteiger partial charge in [0.2, 0.25) is 5.91 Å². The van der Waals surface area contributed by atoms with Crippen LogP contribution in [0.3, 0.4) is 0 Å². The van der Waals surface area contributed by atoms with Gasteiger partial charge in [0, 0.05) is 12.6 Å². The third-order valence-corrected chi connectivity index (χ3v) is 3.41. The molecular weight excluding hydrogens is 204 g/mol. The van der Waals surface area contributed by atoms with Gasteiger partial charge < -0.3 is 16.0 Å². The third-order valence-electron chi connectivity index (χ3n) is 3.41. The maximum atomic E-state index is 11.7. The fourth-order valence-electron chi connectivity index (χ4n) is 2.11. The molecule has 4 N–H and O–H groups in total. The number of nitrogens with one attached hydrogen (secondary N) is 2. The standard InChI is InChI=1S/C11H18N4O/c12-7-11(2-1-3-11)4-10(16)14-6-9-5-13-8-15-9/h5,8H,1-4,6-7,12H2,(H,13,15)(H,14,16). The van der Waals surface area contributed by atoms with E-state index in [1.54, 1.807) is 12.5 Å². The SMILES string of the molecule is NCC1(CC(=O)NCc2cnc[nH]2)CCC1. The van der Waals surface area contributed by atoms with E-state index in [0.29, 0.717) is 19.5 Å². The molecule has 5 nitrogen and oxygen atoms in total. The van der Waals surface area contributed by atoms with E-state index in [1.165, 1.54) is 6.42 Å². The van der Waals surface area contributed by atoms with E-state index in [-0.39, 0.29) is 11.3 Å². The third kappa shape index (κ3) is 2.41. The lowest BCUT2D eigenvalue weighted by atomic mass is 9.66. The topological polar surface area (TPSA) is 83.8 Å². The predicted octanol–water partition coefficient (Wildman–Crippen LogP) is 0.545. The maximum Gasteiger partial charge on any atom is 0.220 e. The minimum absolute atomic E-state index is 0.0814. The minimum atomic E-state index is 0.0814. The molecule has 0 bridgehead atoms. The molecule has 0 radical (unpaired) electrons. The molecule has 0 aliphatic heterocycles. The second-order valence-electron chi connectivity index (χ2n) is 4.59. The number of rotatable bonds is 5. The quantitative estimate of drug-likeness (QED) is 0.680. The molecule has 0 aromatic carbocycles. The number of amides is 1. The van der Waals surface area contributed by atoms with Crippen LogP contribution < -0.4 is 11.1 Å². The molecule has 2 rings (SSSR count). The molecule has 16 heavy (non-hydrogen) atoms. The lowest BCUT2D eigenvalue weighted by Crippen LogP contribution is -2.41. The van der Waals surface area contributed by atoms with Crippen LogP contribution in [0.4, 0.5) is 0 Å². The van der Waals surface area contributed by atoms with Crippen molar-refractivity contribution in [2.24, 2.45) is 11.1 Å². The molecule has 1 saturated carbocycles. The summed E-state index contributed by atoms with van der Waals surface area (Å²) < 4.78 is 0. The fraction of sp³-hybridized carbons (Fsp3) is 0.636. The van der Waals surface area contributed by atoms with Gasteiger partial charge in [0.25, 0.3) is 0 Å². The van der Waals surface area contributed by atoms with Gasteiger partial charge in [-0.05, 0) is 24.8 Å². The van der Waals surface area contributed by atoms with Gasteiger partial charge in [-0.25, -0.2) is 4.98 Å². The molecule has 1 aliphatic rings. The van der Waals surface area contributed by atoms with Gasteiger partial charge in [-0.3, -0.25) is 4.79 Å². The summed E-state index contributed by atoms with van der Waals surface area (Å²) in [5.41, 5.74) is 6.71. The lowest BCUT2D eigenvalue weighted by Gasteiger charge is -2.40. The van der Waals surface area contributed by atoms with E-state index in [2.05, 4.69) is 15.3 Å². The number of carbonyl (C=O) groups excluding carboxylic acids is 1. The monoisotopic (exact) mass is 222 g/mol. The molecule has 0 saturated heterocycles. The summed E-state index contributed by atoms with van der Waals surface area (Å²) in [4.78, 5) is 18.5. The second-order valence-corrected chi connectivity index (χ2v) is 4.59. The van der Waals surface area contributed by atoms with Crippen LogP contribution in [0.2, 0.25) is 0 Å². The molecule has 1 heterocycles. The van der Waals surface area contributed by atoms with E-state index >= 15 is 0 Å². The van der Waals surface area contributed by atoms with Gasteiger partial charge >= 0.3 is 0 Å². The Bertz CT molecular complexity index is 337. The molecule has 0 unspecified atom stereocenters. The summed E-state index contributed by atoms with van der Waals surface area (Å²) in [6.45, 7) is 1.13. The highest BCUT2D eigenvalue weighted by Crippen LogP contribution is 2.42. The van der Waals surface area contributed by atoms with Crippen LogP contribution in [0, 0.1) is 5.41 Å². The Kier molecular flexibility index (Phi) is 3.24. The van der Waals surface area contributed by atoms with Crippen LogP contribution in [0.5, 0.6) is 0 Å². The maximum absolute atomic E-state index is 11.7. The lowest BCUT2D eigenvalue weighted by molar-refractivity contribution is -0.124. The van der Waals surface area contributed by atoms with Crippen molar-refractivity contribution in [2.75, 3.05) is 6.54 Å². The summed E-state index contributed by atoms with van der Waals surface area (Å²) in [6, 6.07) is 0. The van der Waals surface area contributed by atoms with Crippen LogP contribution in [0.1, 0.15) is 31.4 Å². The van der Waals surface area contributed by atoms with E-state index in [1.807, 2.05) is 0 Å². The average molecular weight is 222 g/mol. The van der Waals surface area contributed by atoms with Crippen LogP contribution in [0.15, 0.2) is 12.5 Å². The smallest absolute Gasteiger partial charge is 0.220 e. The van der Waals surface area contributed by atoms with Crippen LogP contribution in [-0.2, 0) is 11.3 Å². The number of hydrogen-bond acceptors (Lipinski definition) is 3. The van der Waals surface area contributed by atoms with E-state index in [4.69, 9.17) is 5.73 Å². The molecule has 1 fully saturated rings. The van der Waals surface area contributed by atoms with Crippen molar-refractivity contribution in [2.45, 2.75) is 32.2 Å². The Balaban J connectivity index is 1.76. The average Bonchev–Trinajstić information content (AvgIpc) is 2.73. The minimum Gasteiger partial charge on any atom is -0.350 e. The largest absolute Gasteiger partial charge is 0.350 e. The Labute approximate surface area is 94.8 Å². The summed E-state index contributed by atoms with van der Waals surface area (Å²) in [5.74, 6) is 0.0831. The number of carbonyl (C=O) groups is 1. The molecule has 1 aromatic rings. The molecular formula is C11H18N4O. The predicted molar refractivity (Wildman–Crippen MR) is 60.4 cm³/mol. The van der Waals surface area contributed by atoms with Gasteiger partial charge in [-0.2, -0.15) is 0 Å². The van der Waals surface area contributed by atoms with E-state index in [0.717, 1.165) is 18.5 Å². The van der Waals surface area contributed by atoms with Gasteiger partial charge in [0.15, 0.2) is 0 Å². The Hall–Kier alpha value is -1.36. The van der Waals surface area contributed by atoms with Gasteiger partial charge in [-0.1, -0.05) is 6.42 Å². The zero-order valence-corrected chi connectivity index (χ0v) is 9.33. The van der Waals surface area contributed by atoms with Gasteiger partial charge in [-0.15, -0.1) is 0 Å². The number of aromatic amines is 1. The fourth-order valence-corrected chi connectivity index (χ4v) is 2.11. The van der Waals surface area contributed by atoms with Crippen molar-refractivity contribution in [1.29, 1.82) is 0 Å². The van der Waals surface area contributed by atoms with Crippen LogP contribution in [-0.4, -0.2) is 22.4 Å². The highest BCUT2D eigenvalue weighted by atomic mass is 16.1. The van der Waals surface area contributed by atoms with Crippen molar-refractivity contribution in [3.63, 3.8) is 0 Å². The number of imidazole rings is 1. The molecule has 0 atom stereocenters. The van der Waals surface area contributed by atoms with Crippen molar-refractivity contribution in [1.82, 2.24) is 15.3 Å². The van der Waals surface area contributed by atoms with Crippen molar-refractivity contribution >= 4 is 5.91 Å². The first-order valence-corrected chi connectivity index (χ1v) is 5.68. The first-order chi connectivity index (χ1) is 7.74. The number of nitrogens with two attached hydrogens (primary N) is 1. The molecule has 1 amide bonds. The summed E-state index contributed by atoms with van der Waals surface area (Å²) in [5, 5.41) is 2.88. The highest BCUT2D eigenvalue weighted by Gasteiger charge is 2.37. The summed E-state index contributed by atoms with van der Waals surface area (Å²) in [7, 11) is 0. The first kappa shape index (κ1) is 11.1. The Morgan fingerprint density at radius 2 is 2.44 bits per heavy atom. The summed E-state index contributed by atoms with van der Waals surface area (Å²) in [6.07, 6.45) is 7.24. The molecule has 0 spiro atoms. The number of nitrogens with zero attached hydrogens (tertiary/aromatic N) is 1. The number of aromatic nitrogens is 2. The molecule has 88 valence electrons. The first-order valence-electron chi connectivity index (χ1n) is 5.68. The Morgan fingerprint density at radius 1 is 1.62 bits per heavy atom.